The largest absolute Gasteiger partial charge is 0.462 e. The lowest BCUT2D eigenvalue weighted by Crippen LogP contribution is -2.17. The maximum absolute atomic E-state index is 12.6. The number of amides is 1. The molecule has 0 saturated heterocycles. The predicted octanol–water partition coefficient (Wildman–Crippen LogP) is 2.98. The van der Waals surface area contributed by atoms with Gasteiger partial charge in [-0.1, -0.05) is 24.6 Å². The number of thiophene rings is 1. The number of aromatic amines is 1. The molecule has 1 amide bonds. The van der Waals surface area contributed by atoms with Crippen LogP contribution in [0.25, 0.3) is 0 Å². The van der Waals surface area contributed by atoms with Crippen LogP contribution in [-0.2, 0) is 22.4 Å². The van der Waals surface area contributed by atoms with Crippen LogP contribution < -0.4 is 16.6 Å². The molecule has 1 aliphatic rings. The SMILES string of the molecule is CCOC(=O)c1c(NC(=O)CSc2nc(N)cc(=O)[nH]2)sc2c1CCCCCC2. The van der Waals surface area contributed by atoms with Crippen molar-refractivity contribution in [3.63, 3.8) is 0 Å². The van der Waals surface area contributed by atoms with Crippen LogP contribution >= 0.6 is 23.1 Å². The molecule has 29 heavy (non-hydrogen) atoms. The highest BCUT2D eigenvalue weighted by Crippen LogP contribution is 2.37. The lowest BCUT2D eigenvalue weighted by atomic mass is 9.96. The Hall–Kier alpha value is -2.33. The zero-order valence-electron chi connectivity index (χ0n) is 16.2. The molecule has 2 aromatic rings. The molecule has 156 valence electrons. The number of carbonyl (C=O) groups excluding carboxylic acids is 2. The van der Waals surface area contributed by atoms with E-state index in [-0.39, 0.29) is 34.8 Å². The van der Waals surface area contributed by atoms with Crippen LogP contribution in [0.1, 0.15) is 53.4 Å². The second-order valence-corrected chi connectivity index (χ2v) is 8.72. The minimum Gasteiger partial charge on any atom is -0.462 e. The predicted molar refractivity (Wildman–Crippen MR) is 115 cm³/mol. The fraction of sp³-hybridized carbons (Fsp3) is 0.474. The third-order valence-electron chi connectivity index (χ3n) is 4.48. The number of aryl methyl sites for hydroxylation is 1. The number of esters is 1. The lowest BCUT2D eigenvalue weighted by molar-refractivity contribution is -0.113. The maximum atomic E-state index is 12.6. The highest BCUT2D eigenvalue weighted by molar-refractivity contribution is 7.99. The monoisotopic (exact) mass is 436 g/mol. The second-order valence-electron chi connectivity index (χ2n) is 6.65. The molecule has 0 atom stereocenters. The molecular weight excluding hydrogens is 412 g/mol. The number of nitrogens with zero attached hydrogens (tertiary/aromatic N) is 1. The summed E-state index contributed by atoms with van der Waals surface area (Å²) in [6, 6.07) is 1.18. The number of aromatic nitrogens is 2. The molecule has 2 aromatic heterocycles. The first-order valence-corrected chi connectivity index (χ1v) is 11.4. The van der Waals surface area contributed by atoms with Crippen LogP contribution in [0.2, 0.25) is 0 Å². The van der Waals surface area contributed by atoms with E-state index in [0.717, 1.165) is 54.3 Å². The van der Waals surface area contributed by atoms with Crippen molar-refractivity contribution < 1.29 is 14.3 Å². The fourth-order valence-corrected chi connectivity index (χ4v) is 5.22. The van der Waals surface area contributed by atoms with Gasteiger partial charge in [0.15, 0.2) is 5.16 Å². The van der Waals surface area contributed by atoms with Gasteiger partial charge in [0.1, 0.15) is 10.8 Å². The van der Waals surface area contributed by atoms with E-state index in [1.807, 2.05) is 0 Å². The number of nitrogen functional groups attached to an aromatic ring is 1. The van der Waals surface area contributed by atoms with Crippen molar-refractivity contribution in [3.05, 3.63) is 32.4 Å². The molecule has 0 bridgehead atoms. The van der Waals surface area contributed by atoms with E-state index >= 15 is 0 Å². The van der Waals surface area contributed by atoms with Gasteiger partial charge in [0.05, 0.1) is 17.9 Å². The maximum Gasteiger partial charge on any atom is 0.341 e. The smallest absolute Gasteiger partial charge is 0.341 e. The molecular formula is C19H24N4O4S2. The average molecular weight is 437 g/mol. The zero-order valence-corrected chi connectivity index (χ0v) is 17.8. The first-order valence-electron chi connectivity index (χ1n) is 9.59. The number of thioether (sulfide) groups is 1. The number of ether oxygens (including phenoxy) is 1. The number of anilines is 2. The quantitative estimate of drug-likeness (QED) is 0.361. The Kier molecular flexibility index (Phi) is 7.32. The minimum atomic E-state index is -0.393. The number of carbonyl (C=O) groups is 2. The molecule has 0 radical (unpaired) electrons. The molecule has 0 spiro atoms. The number of rotatable bonds is 6. The average Bonchev–Trinajstić information content (AvgIpc) is 2.95. The van der Waals surface area contributed by atoms with Crippen molar-refractivity contribution >= 4 is 45.8 Å². The van der Waals surface area contributed by atoms with E-state index < -0.39 is 5.97 Å². The van der Waals surface area contributed by atoms with Crippen molar-refractivity contribution in [3.8, 4) is 0 Å². The number of fused-ring (bicyclic) bond motifs is 1. The van der Waals surface area contributed by atoms with Crippen LogP contribution in [0.15, 0.2) is 16.0 Å². The van der Waals surface area contributed by atoms with Gasteiger partial charge in [0.25, 0.3) is 5.56 Å². The molecule has 0 aliphatic heterocycles. The van der Waals surface area contributed by atoms with Crippen molar-refractivity contribution in [1.29, 1.82) is 0 Å². The summed E-state index contributed by atoms with van der Waals surface area (Å²) in [5.41, 5.74) is 6.69. The van der Waals surface area contributed by atoms with E-state index in [2.05, 4.69) is 15.3 Å². The van der Waals surface area contributed by atoms with Crippen LogP contribution in [0.3, 0.4) is 0 Å². The Balaban J connectivity index is 1.77. The van der Waals surface area contributed by atoms with Crippen LogP contribution in [0.4, 0.5) is 10.8 Å². The Morgan fingerprint density at radius 3 is 2.79 bits per heavy atom. The number of H-pyrrole nitrogens is 1. The summed E-state index contributed by atoms with van der Waals surface area (Å²) < 4.78 is 5.25. The fourth-order valence-electron chi connectivity index (χ4n) is 3.24. The zero-order chi connectivity index (χ0) is 20.8. The van der Waals surface area contributed by atoms with E-state index in [1.54, 1.807) is 6.92 Å². The summed E-state index contributed by atoms with van der Waals surface area (Å²) >= 11 is 2.53. The second kappa shape index (κ2) is 9.93. The van der Waals surface area contributed by atoms with Crippen molar-refractivity contribution in [2.75, 3.05) is 23.4 Å². The van der Waals surface area contributed by atoms with Gasteiger partial charge in [-0.15, -0.1) is 11.3 Å². The van der Waals surface area contributed by atoms with Crippen LogP contribution in [-0.4, -0.2) is 34.2 Å². The first kappa shape index (κ1) is 21.4. The standard InChI is InChI=1S/C19H24N4O4S2/c1-2-27-18(26)16-11-7-5-3-4-6-8-12(11)29-17(16)22-15(25)10-28-19-21-13(20)9-14(24)23-19/h9H,2-8,10H2,1H3,(H,22,25)(H3,20,21,23,24). The number of nitrogens with two attached hydrogens (primary N) is 1. The summed E-state index contributed by atoms with van der Waals surface area (Å²) in [5.74, 6) is -0.563. The van der Waals surface area contributed by atoms with Gasteiger partial charge in [0.2, 0.25) is 5.91 Å². The molecule has 1 aliphatic carbocycles. The molecule has 2 heterocycles. The van der Waals surface area contributed by atoms with E-state index in [9.17, 15) is 14.4 Å². The van der Waals surface area contributed by atoms with Crippen LogP contribution in [0, 0.1) is 0 Å². The van der Waals surface area contributed by atoms with Gasteiger partial charge >= 0.3 is 5.97 Å². The number of hydrogen-bond acceptors (Lipinski definition) is 8. The topological polar surface area (TPSA) is 127 Å². The molecule has 3 rings (SSSR count). The van der Waals surface area contributed by atoms with E-state index in [4.69, 9.17) is 10.5 Å². The summed E-state index contributed by atoms with van der Waals surface area (Å²) in [6.07, 6.45) is 6.14. The Bertz CT molecular complexity index is 954. The normalized spacial score (nSPS) is 13.8. The van der Waals surface area contributed by atoms with Gasteiger partial charge in [-0.2, -0.15) is 0 Å². The number of hydrogen-bond donors (Lipinski definition) is 3. The molecule has 0 unspecified atom stereocenters. The molecule has 4 N–H and O–H groups in total. The van der Waals surface area contributed by atoms with E-state index in [1.165, 1.54) is 23.8 Å². The highest BCUT2D eigenvalue weighted by atomic mass is 32.2. The Morgan fingerprint density at radius 2 is 2.07 bits per heavy atom. The lowest BCUT2D eigenvalue weighted by Gasteiger charge is -2.11. The van der Waals surface area contributed by atoms with Gasteiger partial charge in [-0.25, -0.2) is 9.78 Å². The van der Waals surface area contributed by atoms with Crippen LogP contribution in [0.5, 0.6) is 0 Å². The molecule has 8 nitrogen and oxygen atoms in total. The minimum absolute atomic E-state index is 0.0250. The molecule has 0 aromatic carbocycles. The third-order valence-corrected chi connectivity index (χ3v) is 6.56. The van der Waals surface area contributed by atoms with Gasteiger partial charge in [-0.05, 0) is 38.2 Å². The van der Waals surface area contributed by atoms with Crippen molar-refractivity contribution in [2.24, 2.45) is 0 Å². The summed E-state index contributed by atoms with van der Waals surface area (Å²) in [6.45, 7) is 2.05. The van der Waals surface area contributed by atoms with Crippen molar-refractivity contribution in [1.82, 2.24) is 9.97 Å². The third kappa shape index (κ3) is 5.60. The van der Waals surface area contributed by atoms with E-state index in [0.29, 0.717) is 10.6 Å². The first-order chi connectivity index (χ1) is 14.0. The summed E-state index contributed by atoms with van der Waals surface area (Å²) in [4.78, 5) is 44.2. The highest BCUT2D eigenvalue weighted by Gasteiger charge is 2.26. The molecule has 0 fully saturated rings. The summed E-state index contributed by atoms with van der Waals surface area (Å²) in [5, 5.41) is 3.66. The van der Waals surface area contributed by atoms with Gasteiger partial charge in [0, 0.05) is 10.9 Å². The Labute approximate surface area is 176 Å². The number of nitrogens with one attached hydrogen (secondary N) is 2. The van der Waals surface area contributed by atoms with Gasteiger partial charge < -0.3 is 20.8 Å². The molecule has 0 saturated carbocycles. The Morgan fingerprint density at radius 1 is 1.31 bits per heavy atom. The van der Waals surface area contributed by atoms with Crippen molar-refractivity contribution in [2.45, 2.75) is 50.6 Å². The summed E-state index contributed by atoms with van der Waals surface area (Å²) in [7, 11) is 0. The molecule has 10 heteroatoms. The van der Waals surface area contributed by atoms with Gasteiger partial charge in [-0.3, -0.25) is 9.59 Å².